The van der Waals surface area contributed by atoms with E-state index >= 15 is 0 Å². The van der Waals surface area contributed by atoms with Gasteiger partial charge in [-0.25, -0.2) is 4.79 Å². The van der Waals surface area contributed by atoms with Gasteiger partial charge in [0.05, 0.1) is 6.26 Å². The first-order chi connectivity index (χ1) is 7.82. The SMILES string of the molecule is CC(CNCc1ccoc1C(=O)O)C(C)(C)C. The highest BCUT2D eigenvalue weighted by molar-refractivity contribution is 5.86. The molecule has 96 valence electrons. The fraction of sp³-hybridized carbons (Fsp3) is 0.615. The highest BCUT2D eigenvalue weighted by atomic mass is 16.4. The minimum absolute atomic E-state index is 0.0286. The van der Waals surface area contributed by atoms with Gasteiger partial charge in [-0.3, -0.25) is 0 Å². The van der Waals surface area contributed by atoms with E-state index < -0.39 is 5.97 Å². The molecule has 0 fully saturated rings. The summed E-state index contributed by atoms with van der Waals surface area (Å²) in [5.74, 6) is -0.473. The molecule has 0 amide bonds. The van der Waals surface area contributed by atoms with E-state index in [2.05, 4.69) is 33.0 Å². The van der Waals surface area contributed by atoms with Crippen LogP contribution in [0.2, 0.25) is 0 Å². The molecule has 1 atom stereocenters. The van der Waals surface area contributed by atoms with Gasteiger partial charge in [0, 0.05) is 12.1 Å². The summed E-state index contributed by atoms with van der Waals surface area (Å²) in [6.45, 7) is 10.1. The zero-order valence-electron chi connectivity index (χ0n) is 10.9. The molecule has 0 aromatic carbocycles. The van der Waals surface area contributed by atoms with Gasteiger partial charge >= 0.3 is 5.97 Å². The first-order valence-electron chi connectivity index (χ1n) is 5.82. The maximum absolute atomic E-state index is 10.8. The molecule has 17 heavy (non-hydrogen) atoms. The van der Waals surface area contributed by atoms with Crippen molar-refractivity contribution < 1.29 is 14.3 Å². The molecule has 4 heteroatoms. The lowest BCUT2D eigenvalue weighted by molar-refractivity contribution is 0.0660. The van der Waals surface area contributed by atoms with Crippen LogP contribution in [0, 0.1) is 11.3 Å². The molecule has 1 aromatic rings. The number of rotatable bonds is 5. The molecular formula is C13H21NO3. The standard InChI is InChI=1S/C13H21NO3/c1-9(13(2,3)4)7-14-8-10-5-6-17-11(10)12(15)16/h5-6,9,14H,7-8H2,1-4H3,(H,15,16). The Morgan fingerprint density at radius 1 is 1.53 bits per heavy atom. The number of carbonyl (C=O) groups is 1. The normalized spacial score (nSPS) is 13.6. The van der Waals surface area contributed by atoms with Gasteiger partial charge in [-0.2, -0.15) is 0 Å². The predicted molar refractivity (Wildman–Crippen MR) is 66.0 cm³/mol. The molecular weight excluding hydrogens is 218 g/mol. The highest BCUT2D eigenvalue weighted by Crippen LogP contribution is 2.24. The molecule has 1 rings (SSSR count). The van der Waals surface area contributed by atoms with Crippen LogP contribution in [-0.2, 0) is 6.54 Å². The van der Waals surface area contributed by atoms with Crippen molar-refractivity contribution >= 4 is 5.97 Å². The minimum atomic E-state index is -1.02. The van der Waals surface area contributed by atoms with E-state index in [9.17, 15) is 4.79 Å². The maximum atomic E-state index is 10.8. The second-order valence-electron chi connectivity index (χ2n) is 5.48. The average Bonchev–Trinajstić information content (AvgIpc) is 2.64. The summed E-state index contributed by atoms with van der Waals surface area (Å²) in [7, 11) is 0. The van der Waals surface area contributed by atoms with Gasteiger partial charge in [0.1, 0.15) is 0 Å². The van der Waals surface area contributed by atoms with Crippen LogP contribution in [0.1, 0.15) is 43.8 Å². The zero-order valence-corrected chi connectivity index (χ0v) is 10.9. The number of furan rings is 1. The van der Waals surface area contributed by atoms with Gasteiger partial charge in [0.25, 0.3) is 0 Å². The van der Waals surface area contributed by atoms with Crippen LogP contribution < -0.4 is 5.32 Å². The Balaban J connectivity index is 2.46. The van der Waals surface area contributed by atoms with Crippen LogP contribution in [0.5, 0.6) is 0 Å². The smallest absolute Gasteiger partial charge is 0.372 e. The number of carboxylic acid groups (broad SMARTS) is 1. The summed E-state index contributed by atoms with van der Waals surface area (Å²) in [4.78, 5) is 10.8. The van der Waals surface area contributed by atoms with Crippen molar-refractivity contribution in [2.45, 2.75) is 34.2 Å². The van der Waals surface area contributed by atoms with Crippen molar-refractivity contribution in [1.29, 1.82) is 0 Å². The summed E-state index contributed by atoms with van der Waals surface area (Å²) in [6, 6.07) is 1.69. The molecule has 0 aliphatic rings. The van der Waals surface area contributed by atoms with Crippen LogP contribution in [0.3, 0.4) is 0 Å². The van der Waals surface area contributed by atoms with Crippen molar-refractivity contribution in [3.63, 3.8) is 0 Å². The number of nitrogens with one attached hydrogen (secondary N) is 1. The Hall–Kier alpha value is -1.29. The van der Waals surface area contributed by atoms with E-state index in [0.717, 1.165) is 6.54 Å². The molecule has 2 N–H and O–H groups in total. The molecule has 1 aromatic heterocycles. The quantitative estimate of drug-likeness (QED) is 0.829. The van der Waals surface area contributed by atoms with E-state index in [1.165, 1.54) is 6.26 Å². The minimum Gasteiger partial charge on any atom is -0.475 e. The van der Waals surface area contributed by atoms with E-state index in [0.29, 0.717) is 18.0 Å². The zero-order chi connectivity index (χ0) is 13.1. The first-order valence-corrected chi connectivity index (χ1v) is 5.82. The second kappa shape index (κ2) is 5.36. The number of hydrogen-bond donors (Lipinski definition) is 2. The molecule has 0 bridgehead atoms. The van der Waals surface area contributed by atoms with E-state index in [1.54, 1.807) is 6.07 Å². The molecule has 0 aliphatic heterocycles. The third kappa shape index (κ3) is 3.89. The molecule has 4 nitrogen and oxygen atoms in total. The topological polar surface area (TPSA) is 62.5 Å². The molecule has 1 heterocycles. The van der Waals surface area contributed by atoms with Gasteiger partial charge in [-0.15, -0.1) is 0 Å². The Morgan fingerprint density at radius 2 is 2.18 bits per heavy atom. The lowest BCUT2D eigenvalue weighted by Crippen LogP contribution is -2.29. The Bertz CT molecular complexity index is 376. The number of hydrogen-bond acceptors (Lipinski definition) is 3. The van der Waals surface area contributed by atoms with Gasteiger partial charge in [-0.05, 0) is 23.9 Å². The van der Waals surface area contributed by atoms with E-state index in [1.807, 2.05) is 0 Å². The summed E-state index contributed by atoms with van der Waals surface area (Å²) < 4.78 is 4.91. The predicted octanol–water partition coefficient (Wildman–Crippen LogP) is 2.75. The number of carboxylic acids is 1. The molecule has 0 saturated carbocycles. The van der Waals surface area contributed by atoms with Crippen molar-refractivity contribution in [2.24, 2.45) is 11.3 Å². The molecule has 0 spiro atoms. The van der Waals surface area contributed by atoms with Crippen molar-refractivity contribution in [1.82, 2.24) is 5.32 Å². The van der Waals surface area contributed by atoms with Gasteiger partial charge in [0.15, 0.2) is 0 Å². The van der Waals surface area contributed by atoms with Crippen molar-refractivity contribution in [3.8, 4) is 0 Å². The first kappa shape index (κ1) is 13.8. The summed E-state index contributed by atoms with van der Waals surface area (Å²) in [5.41, 5.74) is 0.942. The summed E-state index contributed by atoms with van der Waals surface area (Å²) >= 11 is 0. The van der Waals surface area contributed by atoms with Gasteiger partial charge in [0.2, 0.25) is 5.76 Å². The van der Waals surface area contributed by atoms with E-state index in [4.69, 9.17) is 9.52 Å². The lowest BCUT2D eigenvalue weighted by Gasteiger charge is -2.27. The van der Waals surface area contributed by atoms with Crippen LogP contribution in [0.4, 0.5) is 0 Å². The van der Waals surface area contributed by atoms with Crippen molar-refractivity contribution in [3.05, 3.63) is 23.7 Å². The summed E-state index contributed by atoms with van der Waals surface area (Å²) in [5, 5.41) is 12.1. The van der Waals surface area contributed by atoms with E-state index in [-0.39, 0.29) is 11.2 Å². The Morgan fingerprint density at radius 3 is 2.71 bits per heavy atom. The third-order valence-corrected chi connectivity index (χ3v) is 3.19. The van der Waals surface area contributed by atoms with Crippen LogP contribution in [0.15, 0.2) is 16.7 Å². The summed E-state index contributed by atoms with van der Waals surface area (Å²) in [6.07, 6.45) is 1.41. The fourth-order valence-corrected chi connectivity index (χ4v) is 1.39. The molecule has 0 saturated heterocycles. The Kier molecular flexibility index (Phi) is 4.34. The monoisotopic (exact) mass is 239 g/mol. The Labute approximate surface area is 102 Å². The average molecular weight is 239 g/mol. The van der Waals surface area contributed by atoms with Crippen LogP contribution >= 0.6 is 0 Å². The largest absolute Gasteiger partial charge is 0.475 e. The third-order valence-electron chi connectivity index (χ3n) is 3.19. The molecule has 0 radical (unpaired) electrons. The molecule has 1 unspecified atom stereocenters. The number of aromatic carboxylic acids is 1. The van der Waals surface area contributed by atoms with Gasteiger partial charge in [-0.1, -0.05) is 27.7 Å². The van der Waals surface area contributed by atoms with Crippen LogP contribution in [-0.4, -0.2) is 17.6 Å². The molecule has 0 aliphatic carbocycles. The van der Waals surface area contributed by atoms with Crippen molar-refractivity contribution in [2.75, 3.05) is 6.54 Å². The maximum Gasteiger partial charge on any atom is 0.372 e. The van der Waals surface area contributed by atoms with Gasteiger partial charge < -0.3 is 14.8 Å². The lowest BCUT2D eigenvalue weighted by atomic mass is 9.82. The fourth-order valence-electron chi connectivity index (χ4n) is 1.39. The second-order valence-corrected chi connectivity index (χ2v) is 5.48. The van der Waals surface area contributed by atoms with Crippen LogP contribution in [0.25, 0.3) is 0 Å². The highest BCUT2D eigenvalue weighted by Gasteiger charge is 2.20.